The highest BCUT2D eigenvalue weighted by molar-refractivity contribution is 5.95. The zero-order valence-electron chi connectivity index (χ0n) is 21.9. The van der Waals surface area contributed by atoms with Gasteiger partial charge < -0.3 is 26.2 Å². The summed E-state index contributed by atoms with van der Waals surface area (Å²) in [5.41, 5.74) is 2.90. The molecule has 0 aliphatic carbocycles. The summed E-state index contributed by atoms with van der Waals surface area (Å²) >= 11 is 0. The van der Waals surface area contributed by atoms with E-state index in [1.54, 1.807) is 29.2 Å². The van der Waals surface area contributed by atoms with Crippen LogP contribution in [0.1, 0.15) is 22.3 Å². The van der Waals surface area contributed by atoms with Gasteiger partial charge in [0.05, 0.1) is 30.2 Å². The lowest BCUT2D eigenvalue weighted by molar-refractivity contribution is -0.193. The van der Waals surface area contributed by atoms with Crippen molar-refractivity contribution in [3.63, 3.8) is 0 Å². The summed E-state index contributed by atoms with van der Waals surface area (Å²) in [5.74, 6) is -5.71. The van der Waals surface area contributed by atoms with Crippen molar-refractivity contribution in [2.75, 3.05) is 18.4 Å². The Bertz CT molecular complexity index is 1360. The van der Waals surface area contributed by atoms with E-state index in [1.165, 1.54) is 0 Å². The topological polar surface area (TPSA) is 163 Å². The number of aromatic nitrogens is 2. The summed E-state index contributed by atoms with van der Waals surface area (Å²) in [6.07, 6.45) is -5.59. The summed E-state index contributed by atoms with van der Waals surface area (Å²) < 4.78 is 65.1. The quantitative estimate of drug-likeness (QED) is 0.263. The van der Waals surface area contributed by atoms with E-state index in [0.29, 0.717) is 17.7 Å². The van der Waals surface area contributed by atoms with Gasteiger partial charge in [0.2, 0.25) is 5.91 Å². The molecule has 2 heterocycles. The average Bonchev–Trinajstić information content (AvgIpc) is 3.61. The molecule has 3 aromatic rings. The van der Waals surface area contributed by atoms with Crippen LogP contribution in [0, 0.1) is 0 Å². The van der Waals surface area contributed by atoms with E-state index in [4.69, 9.17) is 19.8 Å². The van der Waals surface area contributed by atoms with E-state index in [9.17, 15) is 35.9 Å². The molecule has 0 spiro atoms. The first kappa shape index (κ1) is 34.3. The number of nitrogens with one attached hydrogen (secondary N) is 3. The van der Waals surface area contributed by atoms with Gasteiger partial charge in [-0.05, 0) is 36.7 Å². The van der Waals surface area contributed by atoms with Gasteiger partial charge in [-0.25, -0.2) is 14.3 Å². The van der Waals surface area contributed by atoms with Crippen LogP contribution < -0.4 is 16.0 Å². The molecule has 43 heavy (non-hydrogen) atoms. The average molecular weight is 618 g/mol. The number of rotatable bonds is 6. The molecule has 11 nitrogen and oxygen atoms in total. The summed E-state index contributed by atoms with van der Waals surface area (Å²) in [6, 6.07) is 17.0. The van der Waals surface area contributed by atoms with Gasteiger partial charge in [-0.1, -0.05) is 36.4 Å². The molecule has 2 amide bonds. The Morgan fingerprint density at radius 3 is 2.07 bits per heavy atom. The number of carbonyl (C=O) groups is 4. The lowest BCUT2D eigenvalue weighted by Gasteiger charge is -2.12. The Morgan fingerprint density at radius 1 is 0.930 bits per heavy atom. The lowest BCUT2D eigenvalue weighted by atomic mass is 10.1. The van der Waals surface area contributed by atoms with Crippen LogP contribution in [-0.4, -0.2) is 75.2 Å². The number of carboxylic acid groups (broad SMARTS) is 2. The van der Waals surface area contributed by atoms with Gasteiger partial charge >= 0.3 is 24.3 Å². The van der Waals surface area contributed by atoms with Crippen molar-refractivity contribution in [2.45, 2.75) is 31.2 Å². The number of carboxylic acids is 2. The SMILES string of the molecule is O=C(Cc1ccccc1)Nc1cnn(-c2cccc(C(=O)N[C@@H]3CCNC3)c2)c1.O=C(O)C(F)(F)F.O=C(O)C(F)(F)F. The summed E-state index contributed by atoms with van der Waals surface area (Å²) in [4.78, 5) is 42.5. The van der Waals surface area contributed by atoms with Crippen LogP contribution in [0.25, 0.3) is 5.69 Å². The number of hydrogen-bond acceptors (Lipinski definition) is 6. The first-order chi connectivity index (χ1) is 20.1. The van der Waals surface area contributed by atoms with Gasteiger partial charge in [0.25, 0.3) is 5.91 Å². The Kier molecular flexibility index (Phi) is 12.2. The predicted octanol–water partition coefficient (Wildman–Crippen LogP) is 3.41. The lowest BCUT2D eigenvalue weighted by Crippen LogP contribution is -2.36. The van der Waals surface area contributed by atoms with Crippen LogP contribution in [0.2, 0.25) is 0 Å². The van der Waals surface area contributed by atoms with Crippen LogP contribution in [0.4, 0.5) is 32.0 Å². The second-order valence-electron chi connectivity index (χ2n) is 8.70. The molecule has 1 aliphatic rings. The summed E-state index contributed by atoms with van der Waals surface area (Å²) in [5, 5.41) is 27.7. The fraction of sp³-hybridized carbons (Fsp3) is 0.269. The van der Waals surface area contributed by atoms with Crippen LogP contribution in [0.3, 0.4) is 0 Å². The number of carbonyl (C=O) groups excluding carboxylic acids is 2. The molecule has 0 bridgehead atoms. The highest BCUT2D eigenvalue weighted by atomic mass is 19.4. The number of anilines is 1. The van der Waals surface area contributed by atoms with E-state index in [2.05, 4.69) is 21.0 Å². The van der Waals surface area contributed by atoms with Crippen LogP contribution >= 0.6 is 0 Å². The van der Waals surface area contributed by atoms with Gasteiger partial charge in [0.15, 0.2) is 0 Å². The number of nitrogens with zero attached hydrogens (tertiary/aromatic N) is 2. The third-order valence-electron chi connectivity index (χ3n) is 5.33. The maximum absolute atomic E-state index is 12.5. The molecule has 17 heteroatoms. The van der Waals surface area contributed by atoms with Crippen LogP contribution in [0.15, 0.2) is 67.0 Å². The maximum Gasteiger partial charge on any atom is 0.490 e. The minimum atomic E-state index is -5.08. The summed E-state index contributed by atoms with van der Waals surface area (Å²) in [7, 11) is 0. The number of amides is 2. The van der Waals surface area contributed by atoms with Crippen molar-refractivity contribution in [1.29, 1.82) is 0 Å². The molecule has 5 N–H and O–H groups in total. The third kappa shape index (κ3) is 12.2. The molecule has 232 valence electrons. The number of alkyl halides is 6. The molecular weight excluding hydrogens is 592 g/mol. The molecule has 0 unspecified atom stereocenters. The third-order valence-corrected chi connectivity index (χ3v) is 5.33. The van der Waals surface area contributed by atoms with E-state index in [-0.39, 0.29) is 17.9 Å². The van der Waals surface area contributed by atoms with Crippen molar-refractivity contribution < 1.29 is 55.7 Å². The Labute approximate surface area is 239 Å². The van der Waals surface area contributed by atoms with Crippen molar-refractivity contribution >= 4 is 29.4 Å². The van der Waals surface area contributed by atoms with Gasteiger partial charge in [-0.3, -0.25) is 9.59 Å². The minimum Gasteiger partial charge on any atom is -0.475 e. The normalized spacial score (nSPS) is 14.3. The van der Waals surface area contributed by atoms with Gasteiger partial charge in [-0.15, -0.1) is 0 Å². The largest absolute Gasteiger partial charge is 0.490 e. The highest BCUT2D eigenvalue weighted by Crippen LogP contribution is 2.15. The fourth-order valence-corrected chi connectivity index (χ4v) is 3.35. The van der Waals surface area contributed by atoms with Crippen molar-refractivity contribution in [3.05, 3.63) is 78.1 Å². The van der Waals surface area contributed by atoms with E-state index in [0.717, 1.165) is 30.8 Å². The van der Waals surface area contributed by atoms with E-state index in [1.807, 2.05) is 42.5 Å². The monoisotopic (exact) mass is 617 g/mol. The van der Waals surface area contributed by atoms with Crippen LogP contribution in [0.5, 0.6) is 0 Å². The first-order valence-electron chi connectivity index (χ1n) is 12.2. The maximum atomic E-state index is 12.5. The Hall–Kier alpha value is -4.93. The standard InChI is InChI=1S/C22H23N5O2.2C2HF3O2/c28-21(11-16-5-2-1-3-6-16)25-19-14-24-27(15-19)20-8-4-7-17(12-20)22(29)26-18-9-10-23-13-18;2*3-2(4,5)1(6)7/h1-8,12,14-15,18,23H,9-11,13H2,(H,25,28)(H,26,29);2*(H,6,7)/t18-;;/m1../s1. The summed E-state index contributed by atoms with van der Waals surface area (Å²) in [6.45, 7) is 1.73. The van der Waals surface area contributed by atoms with Gasteiger partial charge in [0.1, 0.15) is 0 Å². The zero-order chi connectivity index (χ0) is 32.2. The second kappa shape index (κ2) is 15.3. The molecule has 0 saturated carbocycles. The number of halogens is 6. The van der Waals surface area contributed by atoms with Gasteiger partial charge in [0, 0.05) is 18.2 Å². The number of hydrogen-bond donors (Lipinski definition) is 5. The number of aliphatic carboxylic acids is 2. The minimum absolute atomic E-state index is 0.0934. The fourth-order valence-electron chi connectivity index (χ4n) is 3.35. The second-order valence-corrected chi connectivity index (χ2v) is 8.70. The molecule has 2 aromatic carbocycles. The zero-order valence-corrected chi connectivity index (χ0v) is 21.9. The first-order valence-corrected chi connectivity index (χ1v) is 12.2. The van der Waals surface area contributed by atoms with Gasteiger partial charge in [-0.2, -0.15) is 31.4 Å². The predicted molar refractivity (Wildman–Crippen MR) is 138 cm³/mol. The number of benzene rings is 2. The smallest absolute Gasteiger partial charge is 0.475 e. The van der Waals surface area contributed by atoms with E-state index >= 15 is 0 Å². The Balaban J connectivity index is 0.000000384. The van der Waals surface area contributed by atoms with E-state index < -0.39 is 24.3 Å². The molecule has 1 fully saturated rings. The molecule has 1 aromatic heterocycles. The molecule has 1 atom stereocenters. The van der Waals surface area contributed by atoms with Crippen LogP contribution in [-0.2, 0) is 20.8 Å². The molecule has 1 saturated heterocycles. The van der Waals surface area contributed by atoms with Crippen molar-refractivity contribution in [1.82, 2.24) is 20.4 Å². The highest BCUT2D eigenvalue weighted by Gasteiger charge is 2.38. The molecule has 1 aliphatic heterocycles. The van der Waals surface area contributed by atoms with Crippen molar-refractivity contribution in [3.8, 4) is 5.69 Å². The molecule has 0 radical (unpaired) electrons. The molecule has 4 rings (SSSR count). The van der Waals surface area contributed by atoms with Crippen molar-refractivity contribution in [2.24, 2.45) is 0 Å². The molecular formula is C26H25F6N5O6. The Morgan fingerprint density at radius 2 is 1.53 bits per heavy atom.